The molecule has 13 heteroatoms. The van der Waals surface area contributed by atoms with E-state index in [2.05, 4.69) is 30.3 Å². The molecule has 1 aliphatic carbocycles. The van der Waals surface area contributed by atoms with Crippen molar-refractivity contribution < 1.29 is 22.4 Å². The molecule has 0 bridgehead atoms. The van der Waals surface area contributed by atoms with Gasteiger partial charge < -0.3 is 15.2 Å². The fourth-order valence-electron chi connectivity index (χ4n) is 5.60. The molecule has 1 unspecified atom stereocenters. The molecule has 1 aliphatic heterocycles. The summed E-state index contributed by atoms with van der Waals surface area (Å²) in [6, 6.07) is 6.84. The topological polar surface area (TPSA) is 95.0 Å². The second-order valence-electron chi connectivity index (χ2n) is 11.2. The van der Waals surface area contributed by atoms with E-state index in [4.69, 9.17) is 0 Å². The lowest BCUT2D eigenvalue weighted by atomic mass is 9.85. The molecule has 1 atom stereocenters. The molecule has 2 fully saturated rings. The van der Waals surface area contributed by atoms with Crippen LogP contribution in [0.2, 0.25) is 0 Å². The third-order valence-electron chi connectivity index (χ3n) is 8.26. The number of pyridine rings is 1. The number of imidazole rings is 1. The third kappa shape index (κ3) is 6.25. The van der Waals surface area contributed by atoms with Crippen LogP contribution in [0.25, 0.3) is 22.2 Å². The summed E-state index contributed by atoms with van der Waals surface area (Å²) in [5, 5.41) is 7.57. The fourth-order valence-corrected chi connectivity index (χ4v) is 5.60. The minimum Gasteiger partial charge on any atom is -0.340 e. The summed E-state index contributed by atoms with van der Waals surface area (Å²) in [7, 11) is 0. The zero-order valence-corrected chi connectivity index (χ0v) is 23.2. The van der Waals surface area contributed by atoms with Crippen molar-refractivity contribution in [2.45, 2.75) is 51.4 Å². The van der Waals surface area contributed by atoms with Gasteiger partial charge >= 0.3 is 6.18 Å². The maximum Gasteiger partial charge on any atom is 0.397 e. The van der Waals surface area contributed by atoms with Crippen LogP contribution in [0, 0.1) is 11.7 Å². The van der Waals surface area contributed by atoms with E-state index in [9.17, 15) is 18.0 Å². The van der Waals surface area contributed by atoms with Crippen molar-refractivity contribution in [3.63, 3.8) is 0 Å². The Kier molecular flexibility index (Phi) is 7.60. The van der Waals surface area contributed by atoms with Crippen molar-refractivity contribution in [3.8, 4) is 11.1 Å². The Labute approximate surface area is 239 Å². The quantitative estimate of drug-likeness (QED) is 0.260. The van der Waals surface area contributed by atoms with Crippen molar-refractivity contribution in [2.24, 2.45) is 5.92 Å². The van der Waals surface area contributed by atoms with Gasteiger partial charge in [-0.1, -0.05) is 6.42 Å². The van der Waals surface area contributed by atoms with Gasteiger partial charge in [0.1, 0.15) is 18.1 Å². The number of aromatic amines is 1. The summed E-state index contributed by atoms with van der Waals surface area (Å²) in [4.78, 5) is 27.4. The number of hydrogen-bond acceptors (Lipinski definition) is 6. The zero-order valence-electron chi connectivity index (χ0n) is 23.2. The lowest BCUT2D eigenvalue weighted by Crippen LogP contribution is -2.50. The minimum atomic E-state index is -4.50. The first-order valence-corrected chi connectivity index (χ1v) is 14.1. The molecule has 2 N–H and O–H groups in total. The van der Waals surface area contributed by atoms with Crippen molar-refractivity contribution in [3.05, 3.63) is 54.2 Å². The van der Waals surface area contributed by atoms with Crippen LogP contribution in [-0.4, -0.2) is 72.8 Å². The van der Waals surface area contributed by atoms with E-state index >= 15 is 4.39 Å². The molecule has 3 aromatic heterocycles. The molecule has 42 heavy (non-hydrogen) atoms. The van der Waals surface area contributed by atoms with Crippen molar-refractivity contribution in [1.29, 1.82) is 0 Å². The van der Waals surface area contributed by atoms with E-state index in [1.807, 2.05) is 29.9 Å². The summed E-state index contributed by atoms with van der Waals surface area (Å²) < 4.78 is 54.7. The average Bonchev–Trinajstić information content (AvgIpc) is 3.55. The van der Waals surface area contributed by atoms with E-state index in [1.165, 1.54) is 30.2 Å². The Morgan fingerprint density at radius 1 is 1.17 bits per heavy atom. The number of fused-ring (bicyclic) bond motifs is 1. The van der Waals surface area contributed by atoms with E-state index < -0.39 is 18.5 Å². The standard InChI is InChI=1S/C29H32F4N8O/c1-18(39-7-9-40(10-8-39)27(42)14-29(31,32)33)20-5-6-34-26(11-20)38-28-36-24-12-22(23(30)13-25(24)37-28)21-15-35-41(17-21)16-19-3-2-4-19/h5-6,11-13,15,17-19H,2-4,7-10,14,16H2,1H3,(H2,34,36,37,38). The highest BCUT2D eigenvalue weighted by molar-refractivity contribution is 5.84. The average molecular weight is 585 g/mol. The molecule has 0 radical (unpaired) electrons. The number of H-pyrrole nitrogens is 1. The predicted octanol–water partition coefficient (Wildman–Crippen LogP) is 5.66. The molecule has 2 aliphatic rings. The van der Waals surface area contributed by atoms with Gasteiger partial charge in [0.2, 0.25) is 11.9 Å². The number of benzene rings is 1. The maximum atomic E-state index is 15.1. The Hall–Kier alpha value is -4.00. The molecule has 6 rings (SSSR count). The van der Waals surface area contributed by atoms with Crippen molar-refractivity contribution >= 4 is 28.7 Å². The first-order chi connectivity index (χ1) is 20.1. The van der Waals surface area contributed by atoms with Gasteiger partial charge in [-0.25, -0.2) is 14.4 Å². The number of piperazine rings is 1. The molecular formula is C29H32F4N8O. The van der Waals surface area contributed by atoms with E-state index in [1.54, 1.807) is 18.5 Å². The Morgan fingerprint density at radius 3 is 2.67 bits per heavy atom. The Morgan fingerprint density at radius 2 is 1.95 bits per heavy atom. The van der Waals surface area contributed by atoms with Gasteiger partial charge in [0.15, 0.2) is 0 Å². The van der Waals surface area contributed by atoms with Gasteiger partial charge in [-0.15, -0.1) is 0 Å². The first-order valence-electron chi connectivity index (χ1n) is 14.1. The van der Waals surface area contributed by atoms with Crippen LogP contribution in [0.1, 0.15) is 44.2 Å². The van der Waals surface area contributed by atoms with Gasteiger partial charge in [0.25, 0.3) is 0 Å². The van der Waals surface area contributed by atoms with Crippen LogP contribution < -0.4 is 5.32 Å². The number of nitrogens with one attached hydrogen (secondary N) is 2. The van der Waals surface area contributed by atoms with Crippen LogP contribution >= 0.6 is 0 Å². The lowest BCUT2D eigenvalue weighted by molar-refractivity contribution is -0.162. The predicted molar refractivity (Wildman–Crippen MR) is 149 cm³/mol. The van der Waals surface area contributed by atoms with Crippen LogP contribution in [0.4, 0.5) is 29.3 Å². The van der Waals surface area contributed by atoms with Crippen LogP contribution in [-0.2, 0) is 11.3 Å². The molecule has 1 aromatic carbocycles. The highest BCUT2D eigenvalue weighted by Crippen LogP contribution is 2.31. The molecular weight excluding hydrogens is 552 g/mol. The van der Waals surface area contributed by atoms with Crippen molar-refractivity contribution in [1.82, 2.24) is 34.5 Å². The SMILES string of the molecule is CC(c1ccnc(Nc2nc3cc(-c4cnn(CC5CCC5)c4)c(F)cc3[nH]2)c1)N1CCN(C(=O)CC(F)(F)F)CC1. The number of aromatic nitrogens is 5. The van der Waals surface area contributed by atoms with Crippen LogP contribution in [0.3, 0.4) is 0 Å². The number of amides is 1. The van der Waals surface area contributed by atoms with Crippen molar-refractivity contribution in [2.75, 3.05) is 31.5 Å². The summed E-state index contributed by atoms with van der Waals surface area (Å²) >= 11 is 0. The number of alkyl halides is 3. The van der Waals surface area contributed by atoms with E-state index in [0.29, 0.717) is 52.9 Å². The molecule has 1 saturated heterocycles. The van der Waals surface area contributed by atoms with E-state index in [0.717, 1.165) is 12.1 Å². The normalized spacial score (nSPS) is 17.4. The van der Waals surface area contributed by atoms with Gasteiger partial charge in [-0.05, 0) is 49.4 Å². The number of anilines is 2. The monoisotopic (exact) mass is 584 g/mol. The fraction of sp³-hybridized carbons (Fsp3) is 0.448. The smallest absolute Gasteiger partial charge is 0.340 e. The molecule has 1 saturated carbocycles. The highest BCUT2D eigenvalue weighted by Gasteiger charge is 2.35. The number of hydrogen-bond donors (Lipinski definition) is 2. The van der Waals surface area contributed by atoms with Crippen LogP contribution in [0.15, 0.2) is 42.9 Å². The van der Waals surface area contributed by atoms with Gasteiger partial charge in [-0.2, -0.15) is 18.3 Å². The summed E-state index contributed by atoms with van der Waals surface area (Å²) in [6.07, 6.45) is 2.98. The largest absolute Gasteiger partial charge is 0.397 e. The molecule has 4 aromatic rings. The number of carbonyl (C=O) groups is 1. The molecule has 1 amide bonds. The number of rotatable bonds is 8. The van der Waals surface area contributed by atoms with Crippen LogP contribution in [0.5, 0.6) is 0 Å². The first kappa shape index (κ1) is 28.1. The second-order valence-corrected chi connectivity index (χ2v) is 11.2. The third-order valence-corrected chi connectivity index (χ3v) is 8.26. The Bertz CT molecular complexity index is 1570. The lowest BCUT2D eigenvalue weighted by Gasteiger charge is -2.38. The van der Waals surface area contributed by atoms with Gasteiger partial charge in [0.05, 0.1) is 17.2 Å². The molecule has 0 spiro atoms. The number of halogens is 4. The highest BCUT2D eigenvalue weighted by atomic mass is 19.4. The number of carbonyl (C=O) groups excluding carboxylic acids is 1. The summed E-state index contributed by atoms with van der Waals surface area (Å²) in [5.41, 5.74) is 3.24. The van der Waals surface area contributed by atoms with E-state index in [-0.39, 0.29) is 24.9 Å². The Balaban J connectivity index is 1.11. The number of nitrogens with zero attached hydrogens (tertiary/aromatic N) is 6. The summed E-state index contributed by atoms with van der Waals surface area (Å²) in [6.45, 7) is 4.27. The van der Waals surface area contributed by atoms with Gasteiger partial charge in [0, 0.05) is 68.4 Å². The zero-order chi connectivity index (χ0) is 29.4. The van der Waals surface area contributed by atoms with Gasteiger partial charge in [-0.3, -0.25) is 14.4 Å². The molecule has 4 heterocycles. The molecule has 222 valence electrons. The minimum absolute atomic E-state index is 0.0500. The summed E-state index contributed by atoms with van der Waals surface area (Å²) in [5.74, 6) is 0.344. The molecule has 9 nitrogen and oxygen atoms in total. The second kappa shape index (κ2) is 11.3. The maximum absolute atomic E-state index is 15.1.